The molecule has 1 aliphatic heterocycles. The lowest BCUT2D eigenvalue weighted by molar-refractivity contribution is 0.0167. The van der Waals surface area contributed by atoms with Gasteiger partial charge in [0.1, 0.15) is 0 Å². The minimum absolute atomic E-state index is 0.121. The lowest BCUT2D eigenvalue weighted by Gasteiger charge is -2.35. The summed E-state index contributed by atoms with van der Waals surface area (Å²) in [5, 5.41) is 6.02. The molecule has 6 nitrogen and oxygen atoms in total. The SMILES string of the molecule is CN(C)c1ccc(C(CNC(=O)NCCc2ccccc2)N2CCOCC2)cc1. The van der Waals surface area contributed by atoms with Crippen LogP contribution in [0.3, 0.4) is 0 Å². The molecule has 0 saturated carbocycles. The average Bonchev–Trinajstić information content (AvgIpc) is 2.76. The van der Waals surface area contributed by atoms with E-state index < -0.39 is 0 Å². The number of ether oxygens (including phenoxy) is 1. The highest BCUT2D eigenvalue weighted by Crippen LogP contribution is 2.23. The quantitative estimate of drug-likeness (QED) is 0.720. The molecule has 2 aromatic rings. The minimum Gasteiger partial charge on any atom is -0.379 e. The van der Waals surface area contributed by atoms with Crippen molar-refractivity contribution in [3.8, 4) is 0 Å². The lowest BCUT2D eigenvalue weighted by atomic mass is 10.0. The Morgan fingerprint density at radius 2 is 1.72 bits per heavy atom. The number of urea groups is 1. The molecule has 0 radical (unpaired) electrons. The van der Waals surface area contributed by atoms with E-state index >= 15 is 0 Å². The summed E-state index contributed by atoms with van der Waals surface area (Å²) in [7, 11) is 4.08. The van der Waals surface area contributed by atoms with Gasteiger partial charge in [0.25, 0.3) is 0 Å². The summed E-state index contributed by atoms with van der Waals surface area (Å²) >= 11 is 0. The average molecular weight is 397 g/mol. The molecule has 1 saturated heterocycles. The molecule has 1 aliphatic rings. The van der Waals surface area contributed by atoms with Crippen LogP contribution in [-0.2, 0) is 11.2 Å². The molecule has 0 bridgehead atoms. The van der Waals surface area contributed by atoms with Gasteiger partial charge in [-0.15, -0.1) is 0 Å². The number of anilines is 1. The van der Waals surface area contributed by atoms with Crippen molar-refractivity contribution in [2.45, 2.75) is 12.5 Å². The van der Waals surface area contributed by atoms with Gasteiger partial charge in [0.05, 0.1) is 19.3 Å². The summed E-state index contributed by atoms with van der Waals surface area (Å²) < 4.78 is 5.51. The molecule has 0 aliphatic carbocycles. The maximum Gasteiger partial charge on any atom is 0.314 e. The fourth-order valence-electron chi connectivity index (χ4n) is 3.56. The zero-order chi connectivity index (χ0) is 20.5. The zero-order valence-corrected chi connectivity index (χ0v) is 17.4. The van der Waals surface area contributed by atoms with E-state index in [0.29, 0.717) is 13.1 Å². The minimum atomic E-state index is -0.121. The second-order valence-corrected chi connectivity index (χ2v) is 7.52. The summed E-state index contributed by atoms with van der Waals surface area (Å²) in [5.41, 5.74) is 3.60. The summed E-state index contributed by atoms with van der Waals surface area (Å²) in [6.07, 6.45) is 0.827. The third-order valence-corrected chi connectivity index (χ3v) is 5.28. The monoisotopic (exact) mass is 396 g/mol. The van der Waals surface area contributed by atoms with Crippen LogP contribution in [-0.4, -0.2) is 64.4 Å². The van der Waals surface area contributed by atoms with Crippen molar-refractivity contribution in [2.75, 3.05) is 58.4 Å². The van der Waals surface area contributed by atoms with Gasteiger partial charge in [0, 0.05) is 46.0 Å². The van der Waals surface area contributed by atoms with Crippen LogP contribution in [0.25, 0.3) is 0 Å². The molecular weight excluding hydrogens is 364 g/mol. The number of nitrogens with zero attached hydrogens (tertiary/aromatic N) is 2. The van der Waals surface area contributed by atoms with Crippen molar-refractivity contribution in [3.05, 3.63) is 65.7 Å². The molecule has 1 fully saturated rings. The number of hydrogen-bond donors (Lipinski definition) is 2. The first-order valence-corrected chi connectivity index (χ1v) is 10.3. The van der Waals surface area contributed by atoms with Crippen LogP contribution in [0, 0.1) is 0 Å². The Bertz CT molecular complexity index is 743. The van der Waals surface area contributed by atoms with E-state index in [1.54, 1.807) is 0 Å². The van der Waals surface area contributed by atoms with Crippen molar-refractivity contribution in [1.29, 1.82) is 0 Å². The summed E-state index contributed by atoms with van der Waals surface area (Å²) in [5.74, 6) is 0. The lowest BCUT2D eigenvalue weighted by Crippen LogP contribution is -2.46. The van der Waals surface area contributed by atoms with Crippen LogP contribution in [0.1, 0.15) is 17.2 Å². The maximum absolute atomic E-state index is 12.3. The van der Waals surface area contributed by atoms with E-state index in [1.165, 1.54) is 16.8 Å². The van der Waals surface area contributed by atoms with E-state index in [4.69, 9.17) is 4.74 Å². The summed E-state index contributed by atoms with van der Waals surface area (Å²) in [6.45, 7) is 4.40. The number of carbonyl (C=O) groups excluding carboxylic acids is 1. The Kier molecular flexibility index (Phi) is 7.90. The molecule has 2 N–H and O–H groups in total. The Morgan fingerprint density at radius 3 is 2.38 bits per heavy atom. The third kappa shape index (κ3) is 6.48. The fourth-order valence-corrected chi connectivity index (χ4v) is 3.56. The summed E-state index contributed by atoms with van der Waals surface area (Å²) in [6, 6.07) is 18.8. The molecule has 6 heteroatoms. The predicted octanol–water partition coefficient (Wildman–Crippen LogP) is 2.67. The van der Waals surface area contributed by atoms with Crippen molar-refractivity contribution in [3.63, 3.8) is 0 Å². The topological polar surface area (TPSA) is 56.8 Å². The number of carbonyl (C=O) groups is 1. The molecule has 0 spiro atoms. The highest BCUT2D eigenvalue weighted by atomic mass is 16.5. The van der Waals surface area contributed by atoms with Crippen molar-refractivity contribution < 1.29 is 9.53 Å². The highest BCUT2D eigenvalue weighted by Gasteiger charge is 2.23. The predicted molar refractivity (Wildman–Crippen MR) is 117 cm³/mol. The van der Waals surface area contributed by atoms with Gasteiger partial charge < -0.3 is 20.3 Å². The normalized spacial score (nSPS) is 15.5. The van der Waals surface area contributed by atoms with Gasteiger partial charge in [0.2, 0.25) is 0 Å². The van der Waals surface area contributed by atoms with Gasteiger partial charge in [-0.3, -0.25) is 4.90 Å². The number of nitrogens with one attached hydrogen (secondary N) is 2. The number of hydrogen-bond acceptors (Lipinski definition) is 4. The molecule has 3 rings (SSSR count). The van der Waals surface area contributed by atoms with Crippen LogP contribution >= 0.6 is 0 Å². The van der Waals surface area contributed by atoms with Gasteiger partial charge in [0.15, 0.2) is 0 Å². The molecule has 1 unspecified atom stereocenters. The van der Waals surface area contributed by atoms with E-state index in [9.17, 15) is 4.79 Å². The fraction of sp³-hybridized carbons (Fsp3) is 0.435. The van der Waals surface area contributed by atoms with Gasteiger partial charge in [-0.1, -0.05) is 42.5 Å². The van der Waals surface area contributed by atoms with Gasteiger partial charge >= 0.3 is 6.03 Å². The largest absolute Gasteiger partial charge is 0.379 e. The number of amides is 2. The molecular formula is C23H32N4O2. The highest BCUT2D eigenvalue weighted by molar-refractivity contribution is 5.73. The molecule has 2 amide bonds. The van der Waals surface area contributed by atoms with Gasteiger partial charge in [-0.05, 0) is 29.7 Å². The number of rotatable bonds is 8. The number of morpholine rings is 1. The van der Waals surface area contributed by atoms with Crippen LogP contribution in [0.15, 0.2) is 54.6 Å². The number of benzene rings is 2. The standard InChI is InChI=1S/C23H32N4O2/c1-26(2)21-10-8-20(9-11-21)22(27-14-16-29-17-15-27)18-25-23(28)24-13-12-19-6-4-3-5-7-19/h3-11,22H,12-18H2,1-2H3,(H2,24,25,28). The van der Waals surface area contributed by atoms with E-state index in [1.807, 2.05) is 32.3 Å². The molecule has 29 heavy (non-hydrogen) atoms. The first kappa shape index (κ1) is 21.1. The Labute approximate surface area is 173 Å². The van der Waals surface area contributed by atoms with Crippen molar-refractivity contribution in [1.82, 2.24) is 15.5 Å². The zero-order valence-electron chi connectivity index (χ0n) is 17.4. The van der Waals surface area contributed by atoms with E-state index in [0.717, 1.165) is 32.7 Å². The molecule has 1 atom stereocenters. The first-order chi connectivity index (χ1) is 14.1. The van der Waals surface area contributed by atoms with Crippen LogP contribution in [0.5, 0.6) is 0 Å². The first-order valence-electron chi connectivity index (χ1n) is 10.3. The third-order valence-electron chi connectivity index (χ3n) is 5.28. The maximum atomic E-state index is 12.3. The van der Waals surface area contributed by atoms with Gasteiger partial charge in [-0.25, -0.2) is 4.79 Å². The molecule has 1 heterocycles. The Balaban J connectivity index is 1.55. The van der Waals surface area contributed by atoms with E-state index in [-0.39, 0.29) is 12.1 Å². The molecule has 2 aromatic carbocycles. The molecule has 0 aromatic heterocycles. The van der Waals surface area contributed by atoms with E-state index in [2.05, 4.69) is 56.8 Å². The second-order valence-electron chi connectivity index (χ2n) is 7.52. The van der Waals surface area contributed by atoms with Crippen LogP contribution in [0.2, 0.25) is 0 Å². The second kappa shape index (κ2) is 10.8. The van der Waals surface area contributed by atoms with Crippen LogP contribution in [0.4, 0.5) is 10.5 Å². The Morgan fingerprint density at radius 1 is 1.03 bits per heavy atom. The summed E-state index contributed by atoms with van der Waals surface area (Å²) in [4.78, 5) is 16.8. The van der Waals surface area contributed by atoms with Crippen molar-refractivity contribution >= 4 is 11.7 Å². The van der Waals surface area contributed by atoms with Crippen LogP contribution < -0.4 is 15.5 Å². The van der Waals surface area contributed by atoms with Gasteiger partial charge in [-0.2, -0.15) is 0 Å². The Hall–Kier alpha value is -2.57. The smallest absolute Gasteiger partial charge is 0.314 e. The molecule has 156 valence electrons. The van der Waals surface area contributed by atoms with Crippen molar-refractivity contribution in [2.24, 2.45) is 0 Å².